The molecule has 1 saturated heterocycles. The Balaban J connectivity index is 1.74. The molecule has 7 nitrogen and oxygen atoms in total. The van der Waals surface area contributed by atoms with Crippen molar-refractivity contribution in [3.63, 3.8) is 0 Å². The second-order valence-corrected chi connectivity index (χ2v) is 6.61. The lowest BCUT2D eigenvalue weighted by molar-refractivity contribution is -0.130. The number of rotatable bonds is 6. The molecule has 1 aliphatic heterocycles. The Morgan fingerprint density at radius 1 is 1.15 bits per heavy atom. The van der Waals surface area contributed by atoms with Crippen LogP contribution in [0.4, 0.5) is 0 Å². The molecule has 2 rings (SSSR count). The number of ether oxygens (including phenoxy) is 2. The Morgan fingerprint density at radius 2 is 1.77 bits per heavy atom. The number of esters is 1. The molecule has 1 aliphatic rings. The van der Waals surface area contributed by atoms with Gasteiger partial charge in [0, 0.05) is 26.1 Å². The topological polar surface area (TPSA) is 84.9 Å². The number of amides is 2. The predicted molar refractivity (Wildman–Crippen MR) is 95.9 cm³/mol. The van der Waals surface area contributed by atoms with Gasteiger partial charge in [0.2, 0.25) is 5.91 Å². The van der Waals surface area contributed by atoms with E-state index in [0.29, 0.717) is 24.4 Å². The van der Waals surface area contributed by atoms with Crippen LogP contribution in [0.3, 0.4) is 0 Å². The van der Waals surface area contributed by atoms with Crippen LogP contribution in [0.5, 0.6) is 5.75 Å². The molecule has 1 heterocycles. The lowest BCUT2D eigenvalue weighted by Gasteiger charge is -2.31. The predicted octanol–water partition coefficient (Wildman–Crippen LogP) is 1.76. The Bertz CT molecular complexity index is 634. The molecule has 0 aliphatic carbocycles. The van der Waals surface area contributed by atoms with Crippen molar-refractivity contribution < 1.29 is 23.9 Å². The molecular weight excluding hydrogens is 336 g/mol. The van der Waals surface area contributed by atoms with E-state index in [0.717, 1.165) is 12.8 Å². The van der Waals surface area contributed by atoms with Crippen LogP contribution < -0.4 is 10.1 Å². The van der Waals surface area contributed by atoms with Crippen molar-refractivity contribution in [3.8, 4) is 5.75 Å². The van der Waals surface area contributed by atoms with Gasteiger partial charge in [-0.15, -0.1) is 0 Å². The summed E-state index contributed by atoms with van der Waals surface area (Å²) in [5, 5.41) is 2.92. The summed E-state index contributed by atoms with van der Waals surface area (Å²) in [5.74, 6) is -0.0118. The molecule has 0 aromatic heterocycles. The summed E-state index contributed by atoms with van der Waals surface area (Å²) in [5.41, 5.74) is 0.438. The number of piperidine rings is 1. The van der Waals surface area contributed by atoms with Crippen molar-refractivity contribution in [2.24, 2.45) is 0 Å². The van der Waals surface area contributed by atoms with E-state index >= 15 is 0 Å². The molecule has 1 aromatic carbocycles. The summed E-state index contributed by atoms with van der Waals surface area (Å²) in [6.45, 7) is 6.36. The van der Waals surface area contributed by atoms with Crippen LogP contribution in [0.2, 0.25) is 0 Å². The van der Waals surface area contributed by atoms with E-state index in [9.17, 15) is 14.4 Å². The van der Waals surface area contributed by atoms with Gasteiger partial charge in [-0.25, -0.2) is 4.79 Å². The van der Waals surface area contributed by atoms with Crippen molar-refractivity contribution in [3.05, 3.63) is 29.8 Å². The van der Waals surface area contributed by atoms with E-state index in [2.05, 4.69) is 5.32 Å². The second-order valence-electron chi connectivity index (χ2n) is 6.61. The maximum atomic E-state index is 12.0. The second kappa shape index (κ2) is 9.22. The number of nitrogens with zero attached hydrogens (tertiary/aromatic N) is 1. The minimum absolute atomic E-state index is 0.0647. The molecule has 7 heteroatoms. The van der Waals surface area contributed by atoms with E-state index in [1.165, 1.54) is 0 Å². The van der Waals surface area contributed by atoms with Gasteiger partial charge in [-0.2, -0.15) is 0 Å². The van der Waals surface area contributed by atoms with Crippen LogP contribution in [0, 0.1) is 0 Å². The standard InChI is InChI=1S/C19H26N2O5/c1-13(2)26-19(24)15-4-6-17(7-5-15)25-12-18(23)20-16-8-10-21(11-9-16)14(3)22/h4-7,13,16H,8-12H2,1-3H3,(H,20,23). The molecule has 1 N–H and O–H groups in total. The average molecular weight is 362 g/mol. The van der Waals surface area contributed by atoms with Gasteiger partial charge in [-0.05, 0) is 51.0 Å². The fraction of sp³-hybridized carbons (Fsp3) is 0.526. The number of carbonyl (C=O) groups is 3. The highest BCUT2D eigenvalue weighted by Gasteiger charge is 2.22. The van der Waals surface area contributed by atoms with E-state index in [1.807, 2.05) is 0 Å². The minimum atomic E-state index is -0.388. The minimum Gasteiger partial charge on any atom is -0.484 e. The lowest BCUT2D eigenvalue weighted by atomic mass is 10.1. The molecule has 142 valence electrons. The molecule has 0 spiro atoms. The van der Waals surface area contributed by atoms with Crippen LogP contribution >= 0.6 is 0 Å². The molecule has 0 radical (unpaired) electrons. The first kappa shape index (κ1) is 19.8. The molecule has 0 atom stereocenters. The van der Waals surface area contributed by atoms with Crippen LogP contribution in [-0.2, 0) is 14.3 Å². The SMILES string of the molecule is CC(=O)N1CCC(NC(=O)COc2ccc(C(=O)OC(C)C)cc2)CC1. The smallest absolute Gasteiger partial charge is 0.338 e. The maximum absolute atomic E-state index is 12.0. The number of carbonyl (C=O) groups excluding carboxylic acids is 3. The van der Waals surface area contributed by atoms with E-state index in [4.69, 9.17) is 9.47 Å². The summed E-state index contributed by atoms with van der Waals surface area (Å²) >= 11 is 0. The molecule has 0 bridgehead atoms. The highest BCUT2D eigenvalue weighted by atomic mass is 16.5. The van der Waals surface area contributed by atoms with Crippen LogP contribution in [0.25, 0.3) is 0 Å². The van der Waals surface area contributed by atoms with Crippen molar-refractivity contribution >= 4 is 17.8 Å². The van der Waals surface area contributed by atoms with Crippen LogP contribution in [-0.4, -0.2) is 54.5 Å². The van der Waals surface area contributed by atoms with Gasteiger partial charge < -0.3 is 19.7 Å². The monoisotopic (exact) mass is 362 g/mol. The fourth-order valence-electron chi connectivity index (χ4n) is 2.73. The molecule has 1 aromatic rings. The summed E-state index contributed by atoms with van der Waals surface area (Å²) < 4.78 is 10.6. The zero-order valence-corrected chi connectivity index (χ0v) is 15.5. The summed E-state index contributed by atoms with van der Waals surface area (Å²) in [7, 11) is 0. The van der Waals surface area contributed by atoms with Crippen molar-refractivity contribution in [2.75, 3.05) is 19.7 Å². The summed E-state index contributed by atoms with van der Waals surface area (Å²) in [4.78, 5) is 36.9. The van der Waals surface area contributed by atoms with Gasteiger partial charge >= 0.3 is 5.97 Å². The zero-order chi connectivity index (χ0) is 19.1. The fourth-order valence-corrected chi connectivity index (χ4v) is 2.73. The first-order chi connectivity index (χ1) is 12.3. The molecule has 1 fully saturated rings. The molecule has 2 amide bonds. The Labute approximate surface area is 153 Å². The van der Waals surface area contributed by atoms with Gasteiger partial charge in [0.15, 0.2) is 6.61 Å². The number of hydrogen-bond donors (Lipinski definition) is 1. The van der Waals surface area contributed by atoms with Crippen LogP contribution in [0.1, 0.15) is 44.0 Å². The third kappa shape index (κ3) is 6.06. The number of hydrogen-bond acceptors (Lipinski definition) is 5. The maximum Gasteiger partial charge on any atom is 0.338 e. The third-order valence-electron chi connectivity index (χ3n) is 4.11. The molecule has 26 heavy (non-hydrogen) atoms. The normalized spacial score (nSPS) is 14.8. The quantitative estimate of drug-likeness (QED) is 0.780. The van der Waals surface area contributed by atoms with Gasteiger partial charge in [-0.3, -0.25) is 9.59 Å². The number of likely N-dealkylation sites (tertiary alicyclic amines) is 1. The molecular formula is C19H26N2O5. The summed E-state index contributed by atoms with van der Waals surface area (Å²) in [6.07, 6.45) is 1.32. The third-order valence-corrected chi connectivity index (χ3v) is 4.11. The highest BCUT2D eigenvalue weighted by Crippen LogP contribution is 2.14. The highest BCUT2D eigenvalue weighted by molar-refractivity contribution is 5.89. The molecule has 0 unspecified atom stereocenters. The van der Waals surface area contributed by atoms with Crippen molar-refractivity contribution in [1.29, 1.82) is 0 Å². The Morgan fingerprint density at radius 3 is 2.31 bits per heavy atom. The van der Waals surface area contributed by atoms with Crippen molar-refractivity contribution in [2.45, 2.75) is 45.8 Å². The first-order valence-electron chi connectivity index (χ1n) is 8.84. The number of nitrogens with one attached hydrogen (secondary N) is 1. The first-order valence-corrected chi connectivity index (χ1v) is 8.84. The Kier molecular flexibility index (Phi) is 7.00. The van der Waals surface area contributed by atoms with E-state index in [1.54, 1.807) is 49.9 Å². The van der Waals surface area contributed by atoms with E-state index < -0.39 is 0 Å². The van der Waals surface area contributed by atoms with Gasteiger partial charge in [0.25, 0.3) is 5.91 Å². The van der Waals surface area contributed by atoms with Gasteiger partial charge in [-0.1, -0.05) is 0 Å². The largest absolute Gasteiger partial charge is 0.484 e. The average Bonchev–Trinajstić information content (AvgIpc) is 2.60. The van der Waals surface area contributed by atoms with Crippen LogP contribution in [0.15, 0.2) is 24.3 Å². The van der Waals surface area contributed by atoms with Gasteiger partial charge in [0.1, 0.15) is 5.75 Å². The zero-order valence-electron chi connectivity index (χ0n) is 15.5. The van der Waals surface area contributed by atoms with E-state index in [-0.39, 0.29) is 36.5 Å². The van der Waals surface area contributed by atoms with Crippen molar-refractivity contribution in [1.82, 2.24) is 10.2 Å². The Hall–Kier alpha value is -2.57. The lowest BCUT2D eigenvalue weighted by Crippen LogP contribution is -2.47. The molecule has 0 saturated carbocycles. The summed E-state index contributed by atoms with van der Waals surface area (Å²) in [6, 6.07) is 6.55. The number of benzene rings is 1. The van der Waals surface area contributed by atoms with Gasteiger partial charge in [0.05, 0.1) is 11.7 Å².